The lowest BCUT2D eigenvalue weighted by Crippen LogP contribution is -2.55. The number of benzene rings is 2. The molecule has 11 aliphatic rings. The smallest absolute Gasteiger partial charge is 0.129 e. The van der Waals surface area contributed by atoms with Gasteiger partial charge in [0.1, 0.15) is 12.0 Å². The second kappa shape index (κ2) is 18.5. The van der Waals surface area contributed by atoms with Gasteiger partial charge in [-0.15, -0.1) is 11.8 Å². The van der Waals surface area contributed by atoms with Crippen LogP contribution in [0.15, 0.2) is 185 Å². The highest BCUT2D eigenvalue weighted by molar-refractivity contribution is 8.01. The van der Waals surface area contributed by atoms with Crippen molar-refractivity contribution in [1.29, 1.82) is 0 Å². The second-order valence-electron chi connectivity index (χ2n) is 21.8. The van der Waals surface area contributed by atoms with Gasteiger partial charge in [0.15, 0.2) is 0 Å². The maximum Gasteiger partial charge on any atom is 0.129 e. The van der Waals surface area contributed by atoms with Gasteiger partial charge >= 0.3 is 0 Å². The maximum absolute atomic E-state index is 5.74. The van der Waals surface area contributed by atoms with Gasteiger partial charge in [0, 0.05) is 63.7 Å². The number of hydrogen-bond donors (Lipinski definition) is 3. The Morgan fingerprint density at radius 2 is 1.55 bits per heavy atom. The molecule has 1 saturated heterocycles. The molecule has 5 nitrogen and oxygen atoms in total. The van der Waals surface area contributed by atoms with Crippen molar-refractivity contribution >= 4 is 28.7 Å². The van der Waals surface area contributed by atoms with Crippen LogP contribution in [-0.4, -0.2) is 40.0 Å². The van der Waals surface area contributed by atoms with Crippen molar-refractivity contribution in [3.8, 4) is 0 Å². The summed E-state index contributed by atoms with van der Waals surface area (Å²) >= 11 is 2.32. The van der Waals surface area contributed by atoms with Gasteiger partial charge in [-0.2, -0.15) is 0 Å². The highest BCUT2D eigenvalue weighted by atomic mass is 32.2. The van der Waals surface area contributed by atoms with E-state index >= 15 is 0 Å². The molecule has 2 aromatic carbocycles. The van der Waals surface area contributed by atoms with Gasteiger partial charge in [0.05, 0.1) is 11.4 Å². The molecule has 0 amide bonds. The average molecular weight is 928 g/mol. The zero-order valence-corrected chi connectivity index (χ0v) is 41.3. The summed E-state index contributed by atoms with van der Waals surface area (Å²) < 4.78 is 0. The molecule has 0 aromatic heterocycles. The molecule has 3 N–H and O–H groups in total. The fourth-order valence-corrected chi connectivity index (χ4v) is 16.2. The molecule has 4 aliphatic heterocycles. The first-order valence-electron chi connectivity index (χ1n) is 26.8. The fourth-order valence-electron chi connectivity index (χ4n) is 14.3. The van der Waals surface area contributed by atoms with Gasteiger partial charge in [0.2, 0.25) is 0 Å². The molecule has 2 aromatic rings. The Morgan fingerprint density at radius 1 is 0.754 bits per heavy atom. The Hall–Kier alpha value is -5.30. The molecule has 7 aliphatic carbocycles. The summed E-state index contributed by atoms with van der Waals surface area (Å²) in [6.45, 7) is 3.48. The number of nitrogens with zero attached hydrogens (tertiary/aromatic N) is 2. The fraction of sp³-hybridized carbons (Fsp3) is 0.413. The molecule has 0 spiro atoms. The van der Waals surface area contributed by atoms with Gasteiger partial charge < -0.3 is 15.5 Å². The topological polar surface area (TPSA) is 51.7 Å². The van der Waals surface area contributed by atoms with E-state index in [1.54, 1.807) is 11.3 Å². The molecule has 13 rings (SSSR count). The molecular formula is C63H69N5S. The lowest BCUT2D eigenvalue weighted by Gasteiger charge is -2.41. The largest absolute Gasteiger partial charge is 0.384 e. The first-order chi connectivity index (χ1) is 34.1. The molecular weight excluding hydrogens is 859 g/mol. The zero-order chi connectivity index (χ0) is 45.9. The second-order valence-corrected chi connectivity index (χ2v) is 23.2. The number of nitrogens with one attached hydrogen (secondary N) is 3. The summed E-state index contributed by atoms with van der Waals surface area (Å²) in [5, 5.41) is 13.6. The summed E-state index contributed by atoms with van der Waals surface area (Å²) in [4.78, 5) is 8.63. The van der Waals surface area contributed by atoms with Gasteiger partial charge in [-0.1, -0.05) is 147 Å². The molecule has 10 unspecified atom stereocenters. The molecule has 6 heteroatoms. The lowest BCUT2D eigenvalue weighted by atomic mass is 9.69. The Labute approximate surface area is 415 Å². The van der Waals surface area contributed by atoms with Crippen molar-refractivity contribution < 1.29 is 0 Å². The minimum absolute atomic E-state index is 0.0889. The average Bonchev–Trinajstić information content (AvgIpc) is 3.94. The van der Waals surface area contributed by atoms with E-state index in [1.807, 2.05) is 0 Å². The van der Waals surface area contributed by atoms with Crippen molar-refractivity contribution in [2.45, 2.75) is 132 Å². The van der Waals surface area contributed by atoms with E-state index in [4.69, 9.17) is 4.99 Å². The predicted octanol–water partition coefficient (Wildman–Crippen LogP) is 14.0. The number of aliphatic imine (C=N–C) groups is 1. The van der Waals surface area contributed by atoms with Gasteiger partial charge in [-0.3, -0.25) is 5.32 Å². The molecule has 0 saturated carbocycles. The summed E-state index contributed by atoms with van der Waals surface area (Å²) in [5.41, 5.74) is 17.7. The number of hydrogen-bond acceptors (Lipinski definition) is 6. The first kappa shape index (κ1) is 43.7. The summed E-state index contributed by atoms with van der Waals surface area (Å²) in [5.74, 6) is 2.73. The Bertz CT molecular complexity index is 2750. The highest BCUT2D eigenvalue weighted by Crippen LogP contribution is 2.62. The Kier molecular flexibility index (Phi) is 11.7. The monoisotopic (exact) mass is 928 g/mol. The Balaban J connectivity index is 0.920. The molecule has 0 bridgehead atoms. The number of amidine groups is 1. The quantitative estimate of drug-likeness (QED) is 0.230. The van der Waals surface area contributed by atoms with Crippen molar-refractivity contribution in [1.82, 2.24) is 20.9 Å². The van der Waals surface area contributed by atoms with E-state index in [1.165, 1.54) is 81.6 Å². The molecule has 10 atom stereocenters. The van der Waals surface area contributed by atoms with Crippen LogP contribution in [0.4, 0.5) is 0 Å². The van der Waals surface area contributed by atoms with Crippen LogP contribution in [0.3, 0.4) is 0 Å². The highest BCUT2D eigenvalue weighted by Gasteiger charge is 2.57. The van der Waals surface area contributed by atoms with Gasteiger partial charge in [-0.25, -0.2) is 4.99 Å². The predicted molar refractivity (Wildman–Crippen MR) is 289 cm³/mol. The van der Waals surface area contributed by atoms with Crippen LogP contribution in [0.25, 0.3) is 11.1 Å². The van der Waals surface area contributed by atoms with E-state index in [2.05, 4.69) is 185 Å². The van der Waals surface area contributed by atoms with E-state index < -0.39 is 0 Å². The third-order valence-corrected chi connectivity index (χ3v) is 19.5. The number of allylic oxidation sites excluding steroid dienone is 18. The van der Waals surface area contributed by atoms with Crippen molar-refractivity contribution in [2.24, 2.45) is 28.2 Å². The number of thioether (sulfide) groups is 1. The molecule has 69 heavy (non-hydrogen) atoms. The van der Waals surface area contributed by atoms with Crippen LogP contribution in [-0.2, 0) is 0 Å². The summed E-state index contributed by atoms with van der Waals surface area (Å²) in [6, 6.07) is 18.7. The third kappa shape index (κ3) is 7.84. The number of rotatable bonds is 8. The van der Waals surface area contributed by atoms with Crippen LogP contribution < -0.4 is 16.0 Å². The minimum Gasteiger partial charge on any atom is -0.384 e. The van der Waals surface area contributed by atoms with Gasteiger partial charge in [-0.05, 0) is 146 Å². The molecule has 0 radical (unpaired) electrons. The normalized spacial score (nSPS) is 34.4. The SMILES string of the molecule is CC12CC=CCC1N(C1=CC=CCC1)C1=C2C=CC2C1SC1CCC(C3=C(C4=NC(c5ccccc5)NC(C5C=CCCC5)N4)CC(c4c(C5=CC=CCC5)cccc4C4=CC=CCC4)CN3)=CC12. The van der Waals surface area contributed by atoms with Crippen LogP contribution in [0.1, 0.15) is 131 Å². The molecule has 352 valence electrons. The van der Waals surface area contributed by atoms with E-state index in [9.17, 15) is 0 Å². The van der Waals surface area contributed by atoms with Crippen molar-refractivity contribution in [3.05, 3.63) is 202 Å². The van der Waals surface area contributed by atoms with Crippen molar-refractivity contribution in [3.63, 3.8) is 0 Å². The summed E-state index contributed by atoms with van der Waals surface area (Å²) in [7, 11) is 0. The van der Waals surface area contributed by atoms with Gasteiger partial charge in [0.25, 0.3) is 0 Å². The minimum atomic E-state index is -0.130. The maximum atomic E-state index is 5.74. The van der Waals surface area contributed by atoms with Crippen LogP contribution in [0, 0.1) is 23.2 Å². The van der Waals surface area contributed by atoms with E-state index in [0.717, 1.165) is 76.6 Å². The lowest BCUT2D eigenvalue weighted by molar-refractivity contribution is 0.196. The third-order valence-electron chi connectivity index (χ3n) is 17.8. The summed E-state index contributed by atoms with van der Waals surface area (Å²) in [6.07, 6.45) is 54.6. The zero-order valence-electron chi connectivity index (χ0n) is 40.5. The number of fused-ring (bicyclic) bond motifs is 6. The van der Waals surface area contributed by atoms with E-state index in [0.29, 0.717) is 34.3 Å². The van der Waals surface area contributed by atoms with Crippen LogP contribution in [0.5, 0.6) is 0 Å². The van der Waals surface area contributed by atoms with Crippen molar-refractivity contribution in [2.75, 3.05) is 6.54 Å². The van der Waals surface area contributed by atoms with E-state index in [-0.39, 0.29) is 23.7 Å². The standard InChI is InChI=1S/C63H69N5S/c1-63-37-18-17-32-55(63)68(47-28-15-6-16-29-47)58-53(63)35-34-50-51-38-45(33-36-54(51)69-59(50)58)57-52(62-66-60(43-24-11-4-12-25-43)65-61(67-62)44-26-13-5-14-27-44)39-46(40-64-57)56-48(41-20-7-2-8-21-41)30-19-31-49(56)42-22-9-3-10-23-42/h2-4,6-7,9,11-13,15,17-20,22,24-26,28,30-31,34-35,38,44,46,50-51,54-55,59-61,64-65H,5,8,10,14,16,21,23,27,29,32-33,36-37,39-40H2,1H3,(H,66,67). The van der Waals surface area contributed by atoms with Crippen LogP contribution in [0.2, 0.25) is 0 Å². The Morgan fingerprint density at radius 3 is 2.29 bits per heavy atom. The first-order valence-corrected chi connectivity index (χ1v) is 27.8. The molecule has 1 fully saturated rings. The van der Waals surface area contributed by atoms with Crippen LogP contribution >= 0.6 is 11.8 Å². The molecule has 4 heterocycles.